The summed E-state index contributed by atoms with van der Waals surface area (Å²) in [5.74, 6) is 2.03. The number of anilines is 3. The minimum atomic E-state index is -0.389. The van der Waals surface area contributed by atoms with Crippen molar-refractivity contribution in [2.75, 3.05) is 49.3 Å². The van der Waals surface area contributed by atoms with Crippen LogP contribution in [0.5, 0.6) is 0 Å². The monoisotopic (exact) mass is 546 g/mol. The van der Waals surface area contributed by atoms with Crippen LogP contribution in [0.2, 0.25) is 0 Å². The number of hydrogen-bond donors (Lipinski definition) is 2. The van der Waals surface area contributed by atoms with Crippen molar-refractivity contribution in [3.05, 3.63) is 54.4 Å². The van der Waals surface area contributed by atoms with Gasteiger partial charge in [-0.3, -0.25) is 9.72 Å². The molecule has 0 spiro atoms. The van der Waals surface area contributed by atoms with Crippen LogP contribution in [0.3, 0.4) is 0 Å². The minimum absolute atomic E-state index is 0.186. The van der Waals surface area contributed by atoms with E-state index in [0.717, 1.165) is 52.0 Å². The van der Waals surface area contributed by atoms with Crippen LogP contribution in [0.15, 0.2) is 53.2 Å². The third kappa shape index (κ3) is 5.89. The van der Waals surface area contributed by atoms with E-state index in [0.29, 0.717) is 17.3 Å². The van der Waals surface area contributed by atoms with Gasteiger partial charge in [-0.25, -0.2) is 14.8 Å². The summed E-state index contributed by atoms with van der Waals surface area (Å²) in [7, 11) is 4.20. The summed E-state index contributed by atoms with van der Waals surface area (Å²) in [5.41, 5.74) is 3.33. The average Bonchev–Trinajstić information content (AvgIpc) is 3.62. The topological polar surface area (TPSA) is 104 Å². The van der Waals surface area contributed by atoms with E-state index >= 15 is 0 Å². The number of hydrogen-bond acceptors (Lipinski definition) is 8. The van der Waals surface area contributed by atoms with Crippen LogP contribution < -0.4 is 15.5 Å². The number of aromatic nitrogens is 4. The zero-order valence-corrected chi connectivity index (χ0v) is 24.0. The Hall–Kier alpha value is -3.96. The number of imidazole rings is 1. The molecule has 4 heterocycles. The van der Waals surface area contributed by atoms with Gasteiger partial charge in [-0.2, -0.15) is 0 Å². The third-order valence-corrected chi connectivity index (χ3v) is 7.59. The Morgan fingerprint density at radius 1 is 1.05 bits per heavy atom. The first-order chi connectivity index (χ1) is 18.6. The predicted molar refractivity (Wildman–Crippen MR) is 158 cm³/mol. The number of carbonyl (C=O) groups is 1. The fourth-order valence-electron chi connectivity index (χ4n) is 4.01. The van der Waals surface area contributed by atoms with Gasteiger partial charge in [-0.15, -0.1) is 0 Å². The number of thiazole rings is 1. The normalized spacial score (nSPS) is 12.0. The lowest BCUT2D eigenvalue weighted by Gasteiger charge is -2.21. The second-order valence-corrected chi connectivity index (χ2v) is 11.6. The minimum Gasteiger partial charge on any atom is -0.359 e. The number of nitrogens with zero attached hydrogens (tertiary/aromatic N) is 6. The maximum Gasteiger partial charge on any atom is 0.324 e. The third-order valence-electron chi connectivity index (χ3n) is 6.62. The molecule has 204 valence electrons. The second kappa shape index (κ2) is 10.7. The molecule has 1 aromatic carbocycles. The molecule has 4 aromatic heterocycles. The van der Waals surface area contributed by atoms with Gasteiger partial charge in [0.15, 0.2) is 10.8 Å². The van der Waals surface area contributed by atoms with E-state index in [4.69, 9.17) is 14.5 Å². The first kappa shape index (κ1) is 26.6. The van der Waals surface area contributed by atoms with Crippen molar-refractivity contribution in [3.8, 4) is 11.3 Å². The van der Waals surface area contributed by atoms with Crippen LogP contribution in [0, 0.1) is 0 Å². The highest BCUT2D eigenvalue weighted by Crippen LogP contribution is 2.30. The van der Waals surface area contributed by atoms with Crippen LogP contribution in [0.1, 0.15) is 33.5 Å². The summed E-state index contributed by atoms with van der Waals surface area (Å²) in [6.07, 6.45) is 2.03. The summed E-state index contributed by atoms with van der Waals surface area (Å²) in [6.45, 7) is 11.2. The van der Waals surface area contributed by atoms with Gasteiger partial charge in [0, 0.05) is 49.1 Å². The fraction of sp³-hybridized carbons (Fsp3) is 0.357. The number of benzene rings is 1. The number of likely N-dealkylation sites (N-methyl/N-ethyl adjacent to an activating group) is 2. The lowest BCUT2D eigenvalue weighted by molar-refractivity contribution is 0.262. The molecule has 0 saturated heterocycles. The molecule has 0 atom stereocenters. The van der Waals surface area contributed by atoms with Gasteiger partial charge in [0.05, 0.1) is 11.2 Å². The van der Waals surface area contributed by atoms with Gasteiger partial charge in [-0.05, 0) is 37.9 Å². The summed E-state index contributed by atoms with van der Waals surface area (Å²) in [6, 6.07) is 13.1. The van der Waals surface area contributed by atoms with Gasteiger partial charge in [0.2, 0.25) is 0 Å². The number of pyridine rings is 1. The number of carbonyl (C=O) groups excluding carboxylic acids is 1. The van der Waals surface area contributed by atoms with Crippen LogP contribution in [0.25, 0.3) is 26.6 Å². The molecule has 0 unspecified atom stereocenters. The van der Waals surface area contributed by atoms with E-state index in [1.165, 1.54) is 0 Å². The molecule has 0 aliphatic heterocycles. The molecule has 5 rings (SSSR count). The number of urea groups is 1. The number of amides is 2. The Morgan fingerprint density at radius 3 is 2.51 bits per heavy atom. The summed E-state index contributed by atoms with van der Waals surface area (Å²) in [5, 5.41) is 9.45. The number of rotatable bonds is 8. The standard InChI is InChI=1S/C28H34N8O2S/c1-7-34(5)14-15-35(6)24-13-12-21-25(32-24)39-27-30-20(17-36(21)27)18-8-10-19(11-9-18)29-26(37)31-23-16-22(38-33-23)28(2,3)4/h8-13,16-17H,7,14-15H2,1-6H3,(H2,29,31,33,37). The van der Waals surface area contributed by atoms with E-state index in [9.17, 15) is 4.79 Å². The summed E-state index contributed by atoms with van der Waals surface area (Å²) in [4.78, 5) is 28.5. The van der Waals surface area contributed by atoms with Crippen molar-refractivity contribution >= 4 is 50.0 Å². The lowest BCUT2D eigenvalue weighted by atomic mass is 9.93. The maximum absolute atomic E-state index is 12.4. The molecular weight excluding hydrogens is 512 g/mol. The van der Waals surface area contributed by atoms with Crippen LogP contribution >= 0.6 is 11.3 Å². The van der Waals surface area contributed by atoms with Gasteiger partial charge in [0.1, 0.15) is 16.4 Å². The molecule has 0 aliphatic carbocycles. The Balaban J connectivity index is 1.25. The molecule has 0 bridgehead atoms. The highest BCUT2D eigenvalue weighted by atomic mass is 32.1. The Kier molecular flexibility index (Phi) is 7.28. The Morgan fingerprint density at radius 2 is 1.82 bits per heavy atom. The van der Waals surface area contributed by atoms with Gasteiger partial charge in [-0.1, -0.05) is 56.3 Å². The van der Waals surface area contributed by atoms with Crippen molar-refractivity contribution in [2.24, 2.45) is 0 Å². The van der Waals surface area contributed by atoms with E-state index in [-0.39, 0.29) is 11.4 Å². The molecule has 2 N–H and O–H groups in total. The number of nitrogens with one attached hydrogen (secondary N) is 2. The van der Waals surface area contributed by atoms with Gasteiger partial charge in [0.25, 0.3) is 0 Å². The summed E-state index contributed by atoms with van der Waals surface area (Å²) < 4.78 is 7.40. The lowest BCUT2D eigenvalue weighted by Crippen LogP contribution is -2.30. The molecule has 2 amide bonds. The first-order valence-electron chi connectivity index (χ1n) is 12.9. The second-order valence-electron chi connectivity index (χ2n) is 10.7. The van der Waals surface area contributed by atoms with E-state index in [2.05, 4.69) is 63.1 Å². The van der Waals surface area contributed by atoms with Crippen molar-refractivity contribution in [1.29, 1.82) is 0 Å². The molecule has 5 aromatic rings. The van der Waals surface area contributed by atoms with E-state index < -0.39 is 0 Å². The maximum atomic E-state index is 12.4. The zero-order chi connectivity index (χ0) is 27.7. The van der Waals surface area contributed by atoms with E-state index in [1.54, 1.807) is 17.4 Å². The molecule has 0 saturated carbocycles. The van der Waals surface area contributed by atoms with Gasteiger partial charge < -0.3 is 19.6 Å². The fourth-order valence-corrected chi connectivity index (χ4v) is 4.99. The molecule has 0 aliphatic rings. The van der Waals surface area contributed by atoms with Crippen molar-refractivity contribution in [2.45, 2.75) is 33.1 Å². The largest absolute Gasteiger partial charge is 0.359 e. The number of fused-ring (bicyclic) bond motifs is 3. The van der Waals surface area contributed by atoms with Crippen LogP contribution in [0.4, 0.5) is 22.1 Å². The van der Waals surface area contributed by atoms with Crippen LogP contribution in [-0.2, 0) is 5.41 Å². The van der Waals surface area contributed by atoms with Crippen LogP contribution in [-0.4, -0.2) is 64.2 Å². The van der Waals surface area contributed by atoms with Crippen molar-refractivity contribution in [1.82, 2.24) is 24.4 Å². The smallest absolute Gasteiger partial charge is 0.324 e. The highest BCUT2D eigenvalue weighted by molar-refractivity contribution is 7.23. The molecule has 0 fully saturated rings. The molecule has 39 heavy (non-hydrogen) atoms. The molecule has 0 radical (unpaired) electrons. The van der Waals surface area contributed by atoms with E-state index in [1.807, 2.05) is 51.2 Å². The first-order valence-corrected chi connectivity index (χ1v) is 13.8. The quantitative estimate of drug-likeness (QED) is 0.249. The highest BCUT2D eigenvalue weighted by Gasteiger charge is 2.20. The molecule has 10 nitrogen and oxygen atoms in total. The molecule has 11 heteroatoms. The van der Waals surface area contributed by atoms with Gasteiger partial charge >= 0.3 is 6.03 Å². The van der Waals surface area contributed by atoms with Crippen molar-refractivity contribution < 1.29 is 9.32 Å². The van der Waals surface area contributed by atoms with Crippen molar-refractivity contribution in [3.63, 3.8) is 0 Å². The zero-order valence-electron chi connectivity index (χ0n) is 23.1. The summed E-state index contributed by atoms with van der Waals surface area (Å²) >= 11 is 1.58. The molecular formula is C28H34N8O2S. The SMILES string of the molecule is CCN(C)CCN(C)c1ccc2c(n1)sc1nc(-c3ccc(NC(=O)Nc4cc(C(C)(C)C)on4)cc3)cn12. The Bertz CT molecular complexity index is 1600. The average molecular weight is 547 g/mol. The Labute approximate surface area is 231 Å². The predicted octanol–water partition coefficient (Wildman–Crippen LogP) is 5.93.